The first-order valence-corrected chi connectivity index (χ1v) is 11.5. The van der Waals surface area contributed by atoms with Gasteiger partial charge < -0.3 is 19.9 Å². The van der Waals surface area contributed by atoms with E-state index >= 15 is 0 Å². The smallest absolute Gasteiger partial charge is 0.253 e. The molecule has 1 aliphatic heterocycles. The number of carbonyl (C=O) groups is 1. The molecule has 0 fully saturated rings. The summed E-state index contributed by atoms with van der Waals surface area (Å²) >= 11 is 0. The van der Waals surface area contributed by atoms with Gasteiger partial charge in [0.1, 0.15) is 18.1 Å². The summed E-state index contributed by atoms with van der Waals surface area (Å²) in [6.45, 7) is 9.56. The van der Waals surface area contributed by atoms with Crippen molar-refractivity contribution in [2.24, 2.45) is 0 Å². The number of hydrogen-bond acceptors (Lipinski definition) is 5. The topological polar surface area (TPSA) is 81.1 Å². The van der Waals surface area contributed by atoms with Crippen LogP contribution in [-0.4, -0.2) is 26.0 Å². The van der Waals surface area contributed by atoms with Gasteiger partial charge in [-0.05, 0) is 45.4 Å². The molecule has 0 atom stereocenters. The molecule has 7 nitrogen and oxygen atoms in total. The summed E-state index contributed by atoms with van der Waals surface area (Å²) in [5.41, 5.74) is 6.85. The minimum Gasteiger partial charge on any atom is -0.364 e. The Morgan fingerprint density at radius 3 is 2.62 bits per heavy atom. The first-order valence-electron chi connectivity index (χ1n) is 11.5. The molecule has 0 aliphatic carbocycles. The monoisotopic (exact) mass is 455 g/mol. The maximum atomic E-state index is 12.5. The summed E-state index contributed by atoms with van der Waals surface area (Å²) in [5.74, 6) is 0.700. The lowest BCUT2D eigenvalue weighted by Crippen LogP contribution is -2.27. The quantitative estimate of drug-likeness (QED) is 0.426. The van der Waals surface area contributed by atoms with E-state index in [1.54, 1.807) is 0 Å². The van der Waals surface area contributed by atoms with E-state index in [-0.39, 0.29) is 11.4 Å². The molecule has 0 bridgehead atoms. The molecule has 3 heterocycles. The van der Waals surface area contributed by atoms with Crippen molar-refractivity contribution in [3.05, 3.63) is 77.1 Å². The molecular formula is C27H29N5O2. The lowest BCUT2D eigenvalue weighted by atomic mass is 10.1. The van der Waals surface area contributed by atoms with Gasteiger partial charge in [0.25, 0.3) is 5.91 Å². The summed E-state index contributed by atoms with van der Waals surface area (Å²) in [6, 6.07) is 18.0. The number of carbonyl (C=O) groups excluding carboxylic acids is 1. The average molecular weight is 456 g/mol. The lowest BCUT2D eigenvalue weighted by molar-refractivity contribution is 0.0636. The van der Waals surface area contributed by atoms with E-state index in [9.17, 15) is 4.79 Å². The summed E-state index contributed by atoms with van der Waals surface area (Å²) in [6.07, 6.45) is 0. The van der Waals surface area contributed by atoms with Crippen LogP contribution in [-0.2, 0) is 24.6 Å². The van der Waals surface area contributed by atoms with Crippen molar-refractivity contribution < 1.29 is 9.53 Å². The van der Waals surface area contributed by atoms with Gasteiger partial charge in [-0.15, -0.1) is 0 Å². The molecule has 0 spiro atoms. The van der Waals surface area contributed by atoms with Gasteiger partial charge in [0.05, 0.1) is 41.3 Å². The Kier molecular flexibility index (Phi) is 5.57. The number of nitrogens with zero attached hydrogens (tertiary/aromatic N) is 3. The Morgan fingerprint density at radius 2 is 1.85 bits per heavy atom. The molecule has 34 heavy (non-hydrogen) atoms. The average Bonchev–Trinajstić information content (AvgIpc) is 3.33. The lowest BCUT2D eigenvalue weighted by Gasteiger charge is -2.23. The van der Waals surface area contributed by atoms with Crippen molar-refractivity contribution in [3.63, 3.8) is 0 Å². The molecule has 7 heteroatoms. The number of rotatable bonds is 6. The number of hydrogen-bond donors (Lipinski definition) is 2. The van der Waals surface area contributed by atoms with Crippen molar-refractivity contribution in [2.45, 2.75) is 53.1 Å². The number of ether oxygens (including phenoxy) is 1. The van der Waals surface area contributed by atoms with E-state index in [1.165, 1.54) is 0 Å². The highest BCUT2D eigenvalue weighted by Gasteiger charge is 2.27. The highest BCUT2D eigenvalue weighted by molar-refractivity contribution is 6.01. The highest BCUT2D eigenvalue weighted by Crippen LogP contribution is 2.34. The van der Waals surface area contributed by atoms with Crippen molar-refractivity contribution in [2.75, 3.05) is 5.32 Å². The van der Waals surface area contributed by atoms with E-state index in [0.29, 0.717) is 25.4 Å². The molecule has 5 rings (SSSR count). The Bertz CT molecular complexity index is 1370. The predicted octanol–water partition coefficient (Wildman–Crippen LogP) is 5.03. The van der Waals surface area contributed by atoms with Crippen LogP contribution in [0, 0.1) is 6.92 Å². The van der Waals surface area contributed by atoms with Crippen molar-refractivity contribution >= 4 is 22.8 Å². The van der Waals surface area contributed by atoms with E-state index in [4.69, 9.17) is 14.7 Å². The Labute approximate surface area is 199 Å². The number of anilines is 1. The Balaban J connectivity index is 1.57. The summed E-state index contributed by atoms with van der Waals surface area (Å²) < 4.78 is 8.16. The Morgan fingerprint density at radius 1 is 1.06 bits per heavy atom. The van der Waals surface area contributed by atoms with Crippen molar-refractivity contribution in [1.82, 2.24) is 19.9 Å². The van der Waals surface area contributed by atoms with Crippen LogP contribution in [0.2, 0.25) is 0 Å². The van der Waals surface area contributed by atoms with Crippen molar-refractivity contribution in [3.8, 4) is 11.3 Å². The van der Waals surface area contributed by atoms with Crippen LogP contribution in [0.4, 0.5) is 5.82 Å². The molecule has 0 radical (unpaired) electrons. The third-order valence-electron chi connectivity index (χ3n) is 5.84. The highest BCUT2D eigenvalue weighted by atomic mass is 16.5. The van der Waals surface area contributed by atoms with E-state index in [2.05, 4.69) is 36.0 Å². The zero-order chi connectivity index (χ0) is 23.9. The number of nitrogens with one attached hydrogen (secondary N) is 2. The molecular weight excluding hydrogens is 426 g/mol. The normalized spacial score (nSPS) is 13.2. The van der Waals surface area contributed by atoms with Crippen LogP contribution in [0.1, 0.15) is 48.1 Å². The van der Waals surface area contributed by atoms with Crippen LogP contribution in [0.5, 0.6) is 0 Å². The summed E-state index contributed by atoms with van der Waals surface area (Å²) in [5, 5.41) is 6.38. The second kappa shape index (κ2) is 8.57. The fourth-order valence-electron chi connectivity index (χ4n) is 4.28. The zero-order valence-electron chi connectivity index (χ0n) is 20.0. The summed E-state index contributed by atoms with van der Waals surface area (Å²) in [7, 11) is 0. The minimum absolute atomic E-state index is 0.0599. The molecule has 1 amide bonds. The van der Waals surface area contributed by atoms with E-state index in [0.717, 1.165) is 45.1 Å². The molecule has 4 aromatic rings. The third kappa shape index (κ3) is 4.26. The molecule has 2 aromatic carbocycles. The second-order valence-electron chi connectivity index (χ2n) is 9.67. The largest absolute Gasteiger partial charge is 0.364 e. The predicted molar refractivity (Wildman–Crippen MR) is 133 cm³/mol. The van der Waals surface area contributed by atoms with Gasteiger partial charge in [-0.3, -0.25) is 4.79 Å². The molecule has 2 N–H and O–H groups in total. The first-order chi connectivity index (χ1) is 16.3. The summed E-state index contributed by atoms with van der Waals surface area (Å²) in [4.78, 5) is 22.3. The van der Waals surface area contributed by atoms with Crippen molar-refractivity contribution in [1.29, 1.82) is 0 Å². The molecule has 2 aromatic heterocycles. The third-order valence-corrected chi connectivity index (χ3v) is 5.84. The van der Waals surface area contributed by atoms with Gasteiger partial charge in [0.15, 0.2) is 0 Å². The number of amides is 1. The Hall–Kier alpha value is -3.71. The maximum absolute atomic E-state index is 12.5. The van der Waals surface area contributed by atoms with Gasteiger partial charge in [-0.2, -0.15) is 0 Å². The fraction of sp³-hybridized carbons (Fsp3) is 0.296. The molecule has 1 aliphatic rings. The number of para-hydroxylation sites is 1. The maximum Gasteiger partial charge on any atom is 0.253 e. The zero-order valence-corrected chi connectivity index (χ0v) is 20.0. The minimum atomic E-state index is -0.146. The van der Waals surface area contributed by atoms with Crippen LogP contribution in [0.3, 0.4) is 0 Å². The fourth-order valence-corrected chi connectivity index (χ4v) is 4.28. The van der Waals surface area contributed by atoms with Crippen LogP contribution in [0.15, 0.2) is 54.6 Å². The number of aromatic nitrogens is 3. The number of aryl methyl sites for hydroxylation is 1. The molecule has 0 saturated heterocycles. The van der Waals surface area contributed by atoms with Gasteiger partial charge in [0, 0.05) is 11.1 Å². The number of benzene rings is 2. The first kappa shape index (κ1) is 22.1. The standard InChI is InChI=1S/C27H29N5O2/c1-17-25(31-27(2,3)4)30-24-19(11-8-12-21(24)29-17)22-13-20-23(14-28-26(20)33)32(22)16-34-15-18-9-6-5-7-10-18/h5-13H,14-16H2,1-4H3,(H,28,33)(H,30,31). The molecule has 0 saturated carbocycles. The van der Waals surface area contributed by atoms with Crippen LogP contribution < -0.4 is 10.6 Å². The van der Waals surface area contributed by atoms with Crippen LogP contribution >= 0.6 is 0 Å². The van der Waals surface area contributed by atoms with Gasteiger partial charge >= 0.3 is 0 Å². The van der Waals surface area contributed by atoms with Crippen LogP contribution in [0.25, 0.3) is 22.3 Å². The van der Waals surface area contributed by atoms with E-state index in [1.807, 2.05) is 61.5 Å². The number of fused-ring (bicyclic) bond motifs is 2. The molecule has 174 valence electrons. The van der Waals surface area contributed by atoms with Gasteiger partial charge in [-0.1, -0.05) is 42.5 Å². The van der Waals surface area contributed by atoms with Gasteiger partial charge in [-0.25, -0.2) is 9.97 Å². The second-order valence-corrected chi connectivity index (χ2v) is 9.67. The SMILES string of the molecule is Cc1nc2cccc(-c3cc4c(n3COCc3ccccc3)CNC4=O)c2nc1NC(C)(C)C. The van der Waals surface area contributed by atoms with Gasteiger partial charge in [0.2, 0.25) is 0 Å². The molecule has 0 unspecified atom stereocenters. The van der Waals surface area contributed by atoms with E-state index < -0.39 is 0 Å².